The van der Waals surface area contributed by atoms with Crippen LogP contribution in [-0.2, 0) is 4.74 Å². The van der Waals surface area contributed by atoms with Gasteiger partial charge in [-0.05, 0) is 13.8 Å². The van der Waals surface area contributed by atoms with Crippen molar-refractivity contribution in [2.24, 2.45) is 0 Å². The van der Waals surface area contributed by atoms with Crippen molar-refractivity contribution in [1.82, 2.24) is 14.7 Å². The van der Waals surface area contributed by atoms with Crippen molar-refractivity contribution >= 4 is 15.9 Å². The summed E-state index contributed by atoms with van der Waals surface area (Å²) < 4.78 is 7.01. The monoisotopic (exact) mass is 345 g/mol. The molecule has 0 spiro atoms. The van der Waals surface area contributed by atoms with Crippen LogP contribution in [0.15, 0.2) is 11.1 Å². The van der Waals surface area contributed by atoms with Crippen LogP contribution in [0.3, 0.4) is 0 Å². The molecule has 0 aromatic rings. The van der Waals surface area contributed by atoms with E-state index >= 15 is 0 Å². The molecule has 4 nitrogen and oxygen atoms in total. The first-order valence-electron chi connectivity index (χ1n) is 7.68. The second-order valence-corrected chi connectivity index (χ2v) is 7.30. The van der Waals surface area contributed by atoms with Gasteiger partial charge in [0.1, 0.15) is 0 Å². The molecular weight excluding hydrogens is 318 g/mol. The Morgan fingerprint density at radius 1 is 1.20 bits per heavy atom. The highest BCUT2D eigenvalue weighted by Crippen LogP contribution is 2.12. The van der Waals surface area contributed by atoms with Crippen molar-refractivity contribution in [3.05, 3.63) is 11.1 Å². The highest BCUT2D eigenvalue weighted by molar-refractivity contribution is 9.11. The first-order chi connectivity index (χ1) is 9.54. The van der Waals surface area contributed by atoms with Gasteiger partial charge >= 0.3 is 0 Å². The predicted molar refractivity (Wildman–Crippen MR) is 87.4 cm³/mol. The molecule has 2 aliphatic heterocycles. The molecule has 2 aliphatic rings. The van der Waals surface area contributed by atoms with Gasteiger partial charge in [0.2, 0.25) is 0 Å². The number of hydrogen-bond donors (Lipinski definition) is 0. The van der Waals surface area contributed by atoms with E-state index < -0.39 is 0 Å². The quantitative estimate of drug-likeness (QED) is 0.753. The molecule has 2 saturated heterocycles. The fraction of sp³-hybridized carbons (Fsp3) is 0.867. The minimum atomic E-state index is 0.379. The van der Waals surface area contributed by atoms with Crippen LogP contribution in [0, 0.1) is 0 Å². The molecule has 0 saturated carbocycles. The Bertz CT molecular complexity index is 316. The number of piperazine rings is 1. The molecule has 0 unspecified atom stereocenters. The number of hydrogen-bond acceptors (Lipinski definition) is 4. The summed E-state index contributed by atoms with van der Waals surface area (Å²) in [5, 5.41) is 0. The van der Waals surface area contributed by atoms with Crippen LogP contribution in [-0.4, -0.2) is 85.8 Å². The number of rotatable bonds is 5. The lowest BCUT2D eigenvalue weighted by atomic mass is 10.2. The Labute approximate surface area is 131 Å². The lowest BCUT2D eigenvalue weighted by Crippen LogP contribution is -2.53. The average Bonchev–Trinajstić information content (AvgIpc) is 2.41. The van der Waals surface area contributed by atoms with E-state index in [9.17, 15) is 0 Å². The van der Waals surface area contributed by atoms with E-state index in [1.807, 2.05) is 0 Å². The van der Waals surface area contributed by atoms with Crippen molar-refractivity contribution in [2.75, 3.05) is 59.0 Å². The molecule has 2 heterocycles. The van der Waals surface area contributed by atoms with Crippen molar-refractivity contribution in [3.8, 4) is 0 Å². The summed E-state index contributed by atoms with van der Waals surface area (Å²) >= 11 is 3.45. The van der Waals surface area contributed by atoms with Gasteiger partial charge in [-0.2, -0.15) is 0 Å². The fourth-order valence-electron chi connectivity index (χ4n) is 2.98. The molecule has 0 bridgehead atoms. The molecule has 1 atom stereocenters. The third kappa shape index (κ3) is 5.11. The van der Waals surface area contributed by atoms with Crippen molar-refractivity contribution < 1.29 is 4.74 Å². The largest absolute Gasteiger partial charge is 0.374 e. The van der Waals surface area contributed by atoms with Gasteiger partial charge in [-0.15, -0.1) is 0 Å². The van der Waals surface area contributed by atoms with Crippen LogP contribution < -0.4 is 0 Å². The zero-order valence-corrected chi connectivity index (χ0v) is 14.4. The molecule has 116 valence electrons. The van der Waals surface area contributed by atoms with E-state index in [2.05, 4.69) is 51.1 Å². The summed E-state index contributed by atoms with van der Waals surface area (Å²) in [5.41, 5.74) is 0. The molecule has 0 N–H and O–H groups in total. The molecule has 0 amide bonds. The zero-order valence-electron chi connectivity index (χ0n) is 12.9. The van der Waals surface area contributed by atoms with E-state index in [4.69, 9.17) is 4.74 Å². The van der Waals surface area contributed by atoms with Crippen LogP contribution in [0.2, 0.25) is 0 Å². The van der Waals surface area contributed by atoms with Gasteiger partial charge in [-0.3, -0.25) is 14.7 Å². The smallest absolute Gasteiger partial charge is 0.0829 e. The maximum Gasteiger partial charge on any atom is 0.0829 e. The van der Waals surface area contributed by atoms with Crippen LogP contribution in [0.25, 0.3) is 0 Å². The Hall–Kier alpha value is 0.0600. The number of nitrogens with zero attached hydrogens (tertiary/aromatic N) is 3. The van der Waals surface area contributed by atoms with Crippen LogP contribution in [0.1, 0.15) is 13.8 Å². The fourth-order valence-corrected chi connectivity index (χ4v) is 3.34. The van der Waals surface area contributed by atoms with Gasteiger partial charge in [0.25, 0.3) is 0 Å². The zero-order chi connectivity index (χ0) is 14.5. The van der Waals surface area contributed by atoms with Gasteiger partial charge in [-0.25, -0.2) is 0 Å². The van der Waals surface area contributed by atoms with Gasteiger partial charge < -0.3 is 4.74 Å². The Morgan fingerprint density at radius 2 is 1.85 bits per heavy atom. The average molecular weight is 346 g/mol. The van der Waals surface area contributed by atoms with Crippen molar-refractivity contribution in [1.29, 1.82) is 0 Å². The molecule has 2 fully saturated rings. The predicted octanol–water partition coefficient (Wildman–Crippen LogP) is 1.62. The molecule has 20 heavy (non-hydrogen) atoms. The van der Waals surface area contributed by atoms with E-state index in [1.54, 1.807) is 0 Å². The van der Waals surface area contributed by atoms with E-state index in [1.165, 1.54) is 0 Å². The third-order valence-electron chi connectivity index (χ3n) is 4.22. The topological polar surface area (TPSA) is 19.0 Å². The van der Waals surface area contributed by atoms with Crippen LogP contribution in [0.4, 0.5) is 0 Å². The van der Waals surface area contributed by atoms with Crippen LogP contribution >= 0.6 is 15.9 Å². The first-order valence-corrected chi connectivity index (χ1v) is 8.47. The lowest BCUT2D eigenvalue weighted by molar-refractivity contribution is -0.0560. The number of ether oxygens (including phenoxy) is 1. The Morgan fingerprint density at radius 3 is 2.45 bits per heavy atom. The minimum absolute atomic E-state index is 0.379. The summed E-state index contributed by atoms with van der Waals surface area (Å²) in [5.74, 6) is 0. The Balaban J connectivity index is 1.71. The standard InChI is InChI=1S/C15H28BrN3O/c1-13(2)19-8-9-20-15(12-19)11-18-6-4-17(5-7-18)10-14(3)16/h13,15H,3-12H2,1-2H3/t15-/m1/s1. The van der Waals surface area contributed by atoms with Gasteiger partial charge in [0.05, 0.1) is 12.7 Å². The SMILES string of the molecule is C=C(Br)CN1CCN(C[C@@H]2CN(C(C)C)CCO2)CC1. The molecule has 0 aromatic carbocycles. The summed E-state index contributed by atoms with van der Waals surface area (Å²) in [7, 11) is 0. The molecule has 2 rings (SSSR count). The normalized spacial score (nSPS) is 27.1. The minimum Gasteiger partial charge on any atom is -0.374 e. The lowest BCUT2D eigenvalue weighted by Gasteiger charge is -2.40. The van der Waals surface area contributed by atoms with E-state index in [-0.39, 0.29) is 0 Å². The molecular formula is C15H28BrN3O. The maximum absolute atomic E-state index is 5.93. The molecule has 0 aliphatic carbocycles. The summed E-state index contributed by atoms with van der Waals surface area (Å²) in [4.78, 5) is 7.52. The highest BCUT2D eigenvalue weighted by Gasteiger charge is 2.25. The van der Waals surface area contributed by atoms with Crippen molar-refractivity contribution in [2.45, 2.75) is 26.0 Å². The summed E-state index contributed by atoms with van der Waals surface area (Å²) in [6.07, 6.45) is 0.379. The van der Waals surface area contributed by atoms with Gasteiger partial charge in [0.15, 0.2) is 0 Å². The van der Waals surface area contributed by atoms with E-state index in [0.29, 0.717) is 12.1 Å². The second kappa shape index (κ2) is 7.90. The molecule has 0 radical (unpaired) electrons. The van der Waals surface area contributed by atoms with E-state index in [0.717, 1.165) is 63.4 Å². The first kappa shape index (κ1) is 16.4. The molecule has 5 heteroatoms. The summed E-state index contributed by atoms with van der Waals surface area (Å²) in [6.45, 7) is 18.1. The second-order valence-electron chi connectivity index (χ2n) is 6.18. The summed E-state index contributed by atoms with van der Waals surface area (Å²) in [6, 6.07) is 0.628. The van der Waals surface area contributed by atoms with Crippen LogP contribution in [0.5, 0.6) is 0 Å². The van der Waals surface area contributed by atoms with Gasteiger partial charge in [-0.1, -0.05) is 22.5 Å². The number of morpholine rings is 1. The third-order valence-corrected chi connectivity index (χ3v) is 4.47. The van der Waals surface area contributed by atoms with Gasteiger partial charge in [0, 0.05) is 62.9 Å². The van der Waals surface area contributed by atoms with Crippen molar-refractivity contribution in [3.63, 3.8) is 0 Å². The Kier molecular flexibility index (Phi) is 6.49. The highest BCUT2D eigenvalue weighted by atomic mass is 79.9. The maximum atomic E-state index is 5.93. The molecule has 0 aromatic heterocycles. The number of halogens is 1.